The first-order chi connectivity index (χ1) is 15.4. The van der Waals surface area contributed by atoms with Crippen molar-refractivity contribution in [2.24, 2.45) is 0 Å². The summed E-state index contributed by atoms with van der Waals surface area (Å²) in [6.07, 6.45) is 4.51. The maximum Gasteiger partial charge on any atom is 0.307 e. The molecular weight excluding hydrogens is 430 g/mol. The lowest BCUT2D eigenvalue weighted by Crippen LogP contribution is -2.41. The van der Waals surface area contributed by atoms with Crippen molar-refractivity contribution in [3.8, 4) is 11.5 Å². The van der Waals surface area contributed by atoms with Crippen molar-refractivity contribution in [1.82, 2.24) is 4.31 Å². The number of sulfonamides is 1. The van der Waals surface area contributed by atoms with Gasteiger partial charge in [0.05, 0.1) is 38.7 Å². The highest BCUT2D eigenvalue weighted by atomic mass is 32.2. The van der Waals surface area contributed by atoms with Crippen LogP contribution in [0.2, 0.25) is 0 Å². The lowest BCUT2D eigenvalue weighted by molar-refractivity contribution is -0.141. The van der Waals surface area contributed by atoms with Gasteiger partial charge in [-0.15, -0.1) is 0 Å². The second kappa shape index (κ2) is 9.11. The van der Waals surface area contributed by atoms with E-state index in [4.69, 9.17) is 14.2 Å². The minimum atomic E-state index is -3.82. The maximum absolute atomic E-state index is 13.8. The van der Waals surface area contributed by atoms with Gasteiger partial charge >= 0.3 is 5.97 Å². The van der Waals surface area contributed by atoms with Crippen LogP contribution in [0, 0.1) is 0 Å². The molecule has 8 heteroatoms. The predicted molar refractivity (Wildman–Crippen MR) is 120 cm³/mol. The van der Waals surface area contributed by atoms with Crippen LogP contribution in [-0.2, 0) is 38.8 Å². The number of esters is 1. The second-order valence-electron chi connectivity index (χ2n) is 8.21. The molecule has 0 radical (unpaired) electrons. The molecule has 172 valence electrons. The molecule has 0 N–H and O–H groups in total. The van der Waals surface area contributed by atoms with Crippen LogP contribution in [-0.4, -0.2) is 46.6 Å². The quantitative estimate of drug-likeness (QED) is 0.616. The summed E-state index contributed by atoms with van der Waals surface area (Å²) < 4.78 is 44.7. The molecule has 0 fully saturated rings. The number of aryl methyl sites for hydroxylation is 2. The van der Waals surface area contributed by atoms with Gasteiger partial charge in [-0.05, 0) is 78.6 Å². The molecule has 0 saturated carbocycles. The van der Waals surface area contributed by atoms with Crippen molar-refractivity contribution >= 4 is 16.0 Å². The van der Waals surface area contributed by atoms with Crippen molar-refractivity contribution in [2.45, 2.75) is 49.5 Å². The van der Waals surface area contributed by atoms with Crippen LogP contribution in [0.5, 0.6) is 11.5 Å². The Morgan fingerprint density at radius 3 is 2.31 bits per heavy atom. The van der Waals surface area contributed by atoms with Gasteiger partial charge in [-0.2, -0.15) is 4.31 Å². The number of fused-ring (bicyclic) bond motifs is 2. The Hall–Kier alpha value is -2.58. The number of carbonyl (C=O) groups excluding carboxylic acids is 1. The molecule has 1 heterocycles. The summed E-state index contributed by atoms with van der Waals surface area (Å²) in [7, 11) is 0.579. The summed E-state index contributed by atoms with van der Waals surface area (Å²) in [5.41, 5.74) is 4.00. The topological polar surface area (TPSA) is 82.1 Å². The van der Waals surface area contributed by atoms with Crippen LogP contribution in [0.15, 0.2) is 35.2 Å². The van der Waals surface area contributed by atoms with Crippen LogP contribution < -0.4 is 9.47 Å². The van der Waals surface area contributed by atoms with Gasteiger partial charge in [0.2, 0.25) is 10.0 Å². The Balaban J connectivity index is 1.78. The van der Waals surface area contributed by atoms with Gasteiger partial charge in [0, 0.05) is 6.54 Å². The number of ether oxygens (including phenoxy) is 3. The molecule has 0 bridgehead atoms. The first-order valence-corrected chi connectivity index (χ1v) is 12.3. The van der Waals surface area contributed by atoms with Crippen LogP contribution >= 0.6 is 0 Å². The van der Waals surface area contributed by atoms with E-state index in [1.165, 1.54) is 24.1 Å². The number of hydrogen-bond donors (Lipinski definition) is 0. The SMILES string of the molecule is COC(=O)C[C@H]1c2cc(OC)c(OC)cc2CCN1S(=O)(=O)c1ccc2c(c1)CCCC2. The predicted octanol–water partition coefficient (Wildman–Crippen LogP) is 3.43. The molecule has 0 aromatic heterocycles. The lowest BCUT2D eigenvalue weighted by Gasteiger charge is -2.36. The number of rotatable bonds is 6. The molecular formula is C24H29NO6S. The first kappa shape index (κ1) is 22.6. The molecule has 7 nitrogen and oxygen atoms in total. The van der Waals surface area contributed by atoms with Gasteiger partial charge in [-0.25, -0.2) is 8.42 Å². The number of hydrogen-bond acceptors (Lipinski definition) is 6. The zero-order chi connectivity index (χ0) is 22.9. The van der Waals surface area contributed by atoms with Gasteiger partial charge < -0.3 is 14.2 Å². The monoisotopic (exact) mass is 459 g/mol. The van der Waals surface area contributed by atoms with E-state index in [1.54, 1.807) is 19.2 Å². The first-order valence-electron chi connectivity index (χ1n) is 10.8. The molecule has 0 unspecified atom stereocenters. The van der Waals surface area contributed by atoms with E-state index < -0.39 is 22.0 Å². The number of nitrogens with zero attached hydrogens (tertiary/aromatic N) is 1. The molecule has 0 amide bonds. The summed E-state index contributed by atoms with van der Waals surface area (Å²) in [6, 6.07) is 8.38. The molecule has 1 aliphatic carbocycles. The normalized spacial score (nSPS) is 18.4. The van der Waals surface area contributed by atoms with Gasteiger partial charge in [-0.1, -0.05) is 6.07 Å². The summed E-state index contributed by atoms with van der Waals surface area (Å²) in [5.74, 6) is 0.603. The molecule has 32 heavy (non-hydrogen) atoms. The minimum Gasteiger partial charge on any atom is -0.493 e. The van der Waals surface area contributed by atoms with Crippen molar-refractivity contribution < 1.29 is 27.4 Å². The van der Waals surface area contributed by atoms with E-state index in [0.717, 1.165) is 42.4 Å². The molecule has 1 aliphatic heterocycles. The van der Waals surface area contributed by atoms with Crippen LogP contribution in [0.1, 0.15) is 47.6 Å². The summed E-state index contributed by atoms with van der Waals surface area (Å²) >= 11 is 0. The Bertz CT molecular complexity index is 1130. The third kappa shape index (κ3) is 4.09. The molecule has 2 aromatic rings. The largest absolute Gasteiger partial charge is 0.493 e. The van der Waals surface area contributed by atoms with E-state index in [1.807, 2.05) is 18.2 Å². The Kier molecular flexibility index (Phi) is 6.44. The van der Waals surface area contributed by atoms with E-state index in [-0.39, 0.29) is 17.9 Å². The average Bonchev–Trinajstić information content (AvgIpc) is 2.82. The Morgan fingerprint density at radius 2 is 1.62 bits per heavy atom. The minimum absolute atomic E-state index is 0.0802. The molecule has 4 rings (SSSR count). The molecule has 0 saturated heterocycles. The third-order valence-corrected chi connectivity index (χ3v) is 8.37. The standard InChI is InChI=1S/C24H29NO6S/c1-29-22-13-18-10-11-25(21(15-24(26)31-3)20(18)14-23(22)30-2)32(27,28)19-9-8-16-6-4-5-7-17(16)12-19/h8-9,12-14,21H,4-7,10-11,15H2,1-3H3/t21-/m0/s1. The fourth-order valence-electron chi connectivity index (χ4n) is 4.75. The highest BCUT2D eigenvalue weighted by Gasteiger charge is 2.39. The fourth-order valence-corrected chi connectivity index (χ4v) is 6.41. The second-order valence-corrected chi connectivity index (χ2v) is 10.1. The number of carbonyl (C=O) groups is 1. The summed E-state index contributed by atoms with van der Waals surface area (Å²) in [5, 5.41) is 0. The van der Waals surface area contributed by atoms with E-state index in [9.17, 15) is 13.2 Å². The van der Waals surface area contributed by atoms with Crippen LogP contribution in [0.25, 0.3) is 0 Å². The Labute approximate surface area is 189 Å². The highest BCUT2D eigenvalue weighted by Crippen LogP contribution is 2.42. The zero-order valence-electron chi connectivity index (χ0n) is 18.7. The van der Waals surface area contributed by atoms with Gasteiger partial charge in [0.15, 0.2) is 11.5 Å². The number of benzene rings is 2. The van der Waals surface area contributed by atoms with Crippen LogP contribution in [0.4, 0.5) is 0 Å². The smallest absolute Gasteiger partial charge is 0.307 e. The highest BCUT2D eigenvalue weighted by molar-refractivity contribution is 7.89. The summed E-state index contributed by atoms with van der Waals surface area (Å²) in [4.78, 5) is 12.5. The lowest BCUT2D eigenvalue weighted by atomic mass is 9.91. The molecule has 0 spiro atoms. The van der Waals surface area contributed by atoms with Gasteiger partial charge in [0.1, 0.15) is 0 Å². The fraction of sp³-hybridized carbons (Fsp3) is 0.458. The molecule has 2 aliphatic rings. The van der Waals surface area contributed by atoms with Crippen molar-refractivity contribution in [3.63, 3.8) is 0 Å². The van der Waals surface area contributed by atoms with Crippen molar-refractivity contribution in [3.05, 3.63) is 52.6 Å². The van der Waals surface area contributed by atoms with Crippen LogP contribution in [0.3, 0.4) is 0 Å². The van der Waals surface area contributed by atoms with Crippen molar-refractivity contribution in [2.75, 3.05) is 27.9 Å². The van der Waals surface area contributed by atoms with Gasteiger partial charge in [-0.3, -0.25) is 4.79 Å². The zero-order valence-corrected chi connectivity index (χ0v) is 19.5. The van der Waals surface area contributed by atoms with Gasteiger partial charge in [0.25, 0.3) is 0 Å². The van der Waals surface area contributed by atoms with E-state index >= 15 is 0 Å². The van der Waals surface area contributed by atoms with Crippen molar-refractivity contribution in [1.29, 1.82) is 0 Å². The van der Waals surface area contributed by atoms with E-state index in [2.05, 4.69) is 0 Å². The maximum atomic E-state index is 13.8. The molecule has 2 aromatic carbocycles. The Morgan fingerprint density at radius 1 is 0.938 bits per heavy atom. The third-order valence-electron chi connectivity index (χ3n) is 6.47. The number of methoxy groups -OCH3 is 3. The average molecular weight is 460 g/mol. The molecule has 1 atom stereocenters. The summed E-state index contributed by atoms with van der Waals surface area (Å²) in [6.45, 7) is 0.267. The van der Waals surface area contributed by atoms with E-state index in [0.29, 0.717) is 17.9 Å².